The SMILES string of the molecule is CC1(C)CN(CCC=C2C3=C(COc4ccc(O)cc42)OCC=C3)CCC1(O)c1ccc(Cl)cc1. The number of likely N-dealkylation sites (tertiary alicyclic amines) is 1. The maximum Gasteiger partial charge on any atom is 0.146 e. The van der Waals surface area contributed by atoms with Crippen molar-refractivity contribution in [2.24, 2.45) is 5.41 Å². The number of ether oxygens (including phenoxy) is 2. The maximum atomic E-state index is 11.7. The lowest BCUT2D eigenvalue weighted by Crippen LogP contribution is -2.55. The number of fused-ring (bicyclic) bond motifs is 1. The summed E-state index contributed by atoms with van der Waals surface area (Å²) in [6.07, 6.45) is 7.79. The van der Waals surface area contributed by atoms with E-state index in [1.807, 2.05) is 36.4 Å². The predicted octanol–water partition coefficient (Wildman–Crippen LogP) is 5.67. The maximum absolute atomic E-state index is 11.7. The Bertz CT molecular complexity index is 1200. The molecule has 0 aliphatic carbocycles. The summed E-state index contributed by atoms with van der Waals surface area (Å²) in [6, 6.07) is 12.8. The standard InChI is InChI=1S/C29H32ClNO4/c1-28(2)19-31(15-13-29(28,33)20-7-9-21(30)10-8-20)14-3-5-23-24-6-4-16-34-27(24)18-35-26-12-11-22(32)17-25(23)26/h4-12,17,32-33H,3,13-16,18-19H2,1-2H3. The molecule has 0 aromatic heterocycles. The Kier molecular flexibility index (Phi) is 6.43. The lowest BCUT2D eigenvalue weighted by Gasteiger charge is -2.50. The van der Waals surface area contributed by atoms with Crippen molar-refractivity contribution < 1.29 is 19.7 Å². The minimum atomic E-state index is -0.897. The molecule has 2 aromatic rings. The highest BCUT2D eigenvalue weighted by Gasteiger charge is 2.48. The number of phenolic OH excluding ortho intramolecular Hbond substituents is 1. The van der Waals surface area contributed by atoms with Gasteiger partial charge in [-0.25, -0.2) is 0 Å². The molecule has 0 saturated carbocycles. The molecule has 3 aliphatic heterocycles. The number of phenols is 1. The Hall–Kier alpha value is -2.73. The van der Waals surface area contributed by atoms with E-state index in [-0.39, 0.29) is 11.2 Å². The van der Waals surface area contributed by atoms with Crippen LogP contribution in [-0.2, 0) is 10.3 Å². The van der Waals surface area contributed by atoms with Gasteiger partial charge in [0.1, 0.15) is 30.5 Å². The summed E-state index contributed by atoms with van der Waals surface area (Å²) in [5.41, 5.74) is 2.61. The van der Waals surface area contributed by atoms with Crippen LogP contribution >= 0.6 is 11.6 Å². The van der Waals surface area contributed by atoms with E-state index in [1.54, 1.807) is 12.1 Å². The van der Waals surface area contributed by atoms with Crippen molar-refractivity contribution in [1.29, 1.82) is 0 Å². The molecule has 5 nitrogen and oxygen atoms in total. The number of hydrogen-bond acceptors (Lipinski definition) is 5. The summed E-state index contributed by atoms with van der Waals surface area (Å²) in [4.78, 5) is 2.42. The van der Waals surface area contributed by atoms with Gasteiger partial charge >= 0.3 is 0 Å². The minimum Gasteiger partial charge on any atom is -0.508 e. The molecule has 1 saturated heterocycles. The van der Waals surface area contributed by atoms with Crippen molar-refractivity contribution >= 4 is 17.2 Å². The molecule has 0 radical (unpaired) electrons. The van der Waals surface area contributed by atoms with Crippen molar-refractivity contribution in [3.8, 4) is 11.5 Å². The minimum absolute atomic E-state index is 0.210. The monoisotopic (exact) mass is 493 g/mol. The van der Waals surface area contributed by atoms with Crippen LogP contribution in [0.1, 0.15) is 37.8 Å². The molecule has 0 spiro atoms. The van der Waals surface area contributed by atoms with Crippen LogP contribution in [0.25, 0.3) is 5.57 Å². The van der Waals surface area contributed by atoms with Gasteiger partial charge in [-0.1, -0.05) is 49.7 Å². The third kappa shape index (κ3) is 4.61. The Morgan fingerprint density at radius 1 is 1.11 bits per heavy atom. The van der Waals surface area contributed by atoms with Gasteiger partial charge in [0.05, 0.1) is 5.60 Å². The van der Waals surface area contributed by atoms with Crippen molar-refractivity contribution in [2.45, 2.75) is 32.3 Å². The Morgan fingerprint density at radius 3 is 2.69 bits per heavy atom. The molecule has 3 aliphatic rings. The molecule has 1 fully saturated rings. The normalized spacial score (nSPS) is 24.9. The third-order valence-electron chi connectivity index (χ3n) is 7.48. The van der Waals surface area contributed by atoms with E-state index in [2.05, 4.69) is 30.9 Å². The average Bonchev–Trinajstić information content (AvgIpc) is 2.98. The zero-order valence-electron chi connectivity index (χ0n) is 20.3. The lowest BCUT2D eigenvalue weighted by atomic mass is 9.66. The Balaban J connectivity index is 1.35. The largest absolute Gasteiger partial charge is 0.508 e. The average molecular weight is 494 g/mol. The number of halogens is 1. The van der Waals surface area contributed by atoms with Gasteiger partial charge in [-0.3, -0.25) is 0 Å². The van der Waals surface area contributed by atoms with Gasteiger partial charge in [0, 0.05) is 41.2 Å². The molecule has 3 heterocycles. The molecule has 1 unspecified atom stereocenters. The molecule has 2 aromatic carbocycles. The quantitative estimate of drug-likeness (QED) is 0.574. The highest BCUT2D eigenvalue weighted by molar-refractivity contribution is 6.30. The first-order chi connectivity index (χ1) is 16.8. The van der Waals surface area contributed by atoms with Gasteiger partial charge < -0.3 is 24.6 Å². The van der Waals surface area contributed by atoms with Crippen LogP contribution in [0.5, 0.6) is 11.5 Å². The summed E-state index contributed by atoms with van der Waals surface area (Å²) in [7, 11) is 0. The molecule has 6 heteroatoms. The van der Waals surface area contributed by atoms with Gasteiger partial charge in [0.15, 0.2) is 0 Å². The predicted molar refractivity (Wildman–Crippen MR) is 139 cm³/mol. The fraction of sp³-hybridized carbons (Fsp3) is 0.379. The number of aliphatic hydroxyl groups is 1. The first-order valence-corrected chi connectivity index (χ1v) is 12.5. The van der Waals surface area contributed by atoms with Crippen LogP contribution < -0.4 is 4.74 Å². The van der Waals surface area contributed by atoms with Crippen LogP contribution in [0, 0.1) is 5.41 Å². The molecule has 0 bridgehead atoms. The number of hydrogen-bond donors (Lipinski definition) is 2. The van der Waals surface area contributed by atoms with Gasteiger partial charge in [0.25, 0.3) is 0 Å². The molecule has 5 rings (SSSR count). The first kappa shape index (κ1) is 24.0. The number of rotatable bonds is 4. The van der Waals surface area contributed by atoms with Crippen LogP contribution in [0.15, 0.2) is 72.0 Å². The number of allylic oxidation sites excluding steroid dienone is 3. The topological polar surface area (TPSA) is 62.2 Å². The highest BCUT2D eigenvalue weighted by Crippen LogP contribution is 2.46. The fourth-order valence-electron chi connectivity index (χ4n) is 5.48. The summed E-state index contributed by atoms with van der Waals surface area (Å²) in [5, 5.41) is 22.5. The van der Waals surface area contributed by atoms with Crippen LogP contribution in [0.3, 0.4) is 0 Å². The number of piperidine rings is 1. The van der Waals surface area contributed by atoms with Gasteiger partial charge in [-0.05, 0) is 60.4 Å². The van der Waals surface area contributed by atoms with E-state index in [0.717, 1.165) is 59.8 Å². The molecule has 35 heavy (non-hydrogen) atoms. The van der Waals surface area contributed by atoms with Crippen LogP contribution in [0.4, 0.5) is 0 Å². The van der Waals surface area contributed by atoms with Crippen molar-refractivity contribution in [2.75, 3.05) is 32.8 Å². The molecule has 184 valence electrons. The van der Waals surface area contributed by atoms with Crippen molar-refractivity contribution in [3.05, 3.63) is 88.2 Å². The second-order valence-electron chi connectivity index (χ2n) is 10.2. The third-order valence-corrected chi connectivity index (χ3v) is 7.74. The Labute approximate surface area is 211 Å². The second kappa shape index (κ2) is 9.38. The Morgan fingerprint density at radius 2 is 1.91 bits per heavy atom. The van der Waals surface area contributed by atoms with Gasteiger partial charge in [0.2, 0.25) is 0 Å². The first-order valence-electron chi connectivity index (χ1n) is 12.2. The van der Waals surface area contributed by atoms with E-state index < -0.39 is 5.60 Å². The fourth-order valence-corrected chi connectivity index (χ4v) is 5.60. The van der Waals surface area contributed by atoms with E-state index in [4.69, 9.17) is 21.1 Å². The summed E-state index contributed by atoms with van der Waals surface area (Å²) in [5.74, 6) is 1.77. The number of aromatic hydroxyl groups is 1. The summed E-state index contributed by atoms with van der Waals surface area (Å²) in [6.45, 7) is 7.64. The van der Waals surface area contributed by atoms with E-state index in [9.17, 15) is 10.2 Å². The van der Waals surface area contributed by atoms with Gasteiger partial charge in [-0.15, -0.1) is 0 Å². The lowest BCUT2D eigenvalue weighted by molar-refractivity contribution is -0.125. The molecule has 0 amide bonds. The number of benzene rings is 2. The zero-order chi connectivity index (χ0) is 24.6. The van der Waals surface area contributed by atoms with Gasteiger partial charge in [-0.2, -0.15) is 0 Å². The van der Waals surface area contributed by atoms with E-state index in [1.165, 1.54) is 0 Å². The zero-order valence-corrected chi connectivity index (χ0v) is 21.0. The van der Waals surface area contributed by atoms with Crippen molar-refractivity contribution in [1.82, 2.24) is 4.90 Å². The second-order valence-corrected chi connectivity index (χ2v) is 10.6. The molecular formula is C29H32ClNO4. The van der Waals surface area contributed by atoms with Crippen LogP contribution in [-0.4, -0.2) is 48.0 Å². The van der Waals surface area contributed by atoms with E-state index >= 15 is 0 Å². The van der Waals surface area contributed by atoms with Crippen molar-refractivity contribution in [3.63, 3.8) is 0 Å². The van der Waals surface area contributed by atoms with Crippen LogP contribution in [0.2, 0.25) is 5.02 Å². The molecular weight excluding hydrogens is 462 g/mol. The summed E-state index contributed by atoms with van der Waals surface area (Å²) >= 11 is 6.07. The smallest absolute Gasteiger partial charge is 0.146 e. The highest BCUT2D eigenvalue weighted by atomic mass is 35.5. The number of nitrogens with zero attached hydrogens (tertiary/aromatic N) is 1. The van der Waals surface area contributed by atoms with E-state index in [0.29, 0.717) is 24.7 Å². The molecule has 1 atom stereocenters. The summed E-state index contributed by atoms with van der Waals surface area (Å²) < 4.78 is 11.9. The molecule has 2 N–H and O–H groups in total.